The Hall–Kier alpha value is -2.12. The highest BCUT2D eigenvalue weighted by atomic mass is 16.5. The first-order valence-corrected chi connectivity index (χ1v) is 9.58. The molecule has 1 atom stereocenters. The lowest BCUT2D eigenvalue weighted by Gasteiger charge is -2.36. The van der Waals surface area contributed by atoms with Crippen LogP contribution in [0.25, 0.3) is 0 Å². The van der Waals surface area contributed by atoms with Crippen molar-refractivity contribution in [2.75, 3.05) is 52.0 Å². The second-order valence-corrected chi connectivity index (χ2v) is 7.30. The van der Waals surface area contributed by atoms with E-state index in [2.05, 4.69) is 5.32 Å². The third kappa shape index (κ3) is 4.99. The fourth-order valence-corrected chi connectivity index (χ4v) is 3.63. The summed E-state index contributed by atoms with van der Waals surface area (Å²) in [6.07, 6.45) is 1.94. The number of nitrogens with one attached hydrogen (secondary N) is 1. The van der Waals surface area contributed by atoms with E-state index < -0.39 is 0 Å². The number of benzene rings is 1. The molecule has 27 heavy (non-hydrogen) atoms. The molecule has 1 aromatic rings. The van der Waals surface area contributed by atoms with Gasteiger partial charge in [0, 0.05) is 52.0 Å². The van der Waals surface area contributed by atoms with Crippen molar-refractivity contribution in [2.24, 2.45) is 0 Å². The Bertz CT molecular complexity index is 658. The van der Waals surface area contributed by atoms with Gasteiger partial charge in [0.05, 0.1) is 24.8 Å². The van der Waals surface area contributed by atoms with Crippen molar-refractivity contribution >= 4 is 17.5 Å². The van der Waals surface area contributed by atoms with Gasteiger partial charge in [-0.05, 0) is 25.0 Å². The summed E-state index contributed by atoms with van der Waals surface area (Å²) in [6.45, 7) is 2.74. The van der Waals surface area contributed by atoms with Crippen LogP contribution in [0.1, 0.15) is 29.6 Å². The van der Waals surface area contributed by atoms with E-state index >= 15 is 0 Å². The quantitative estimate of drug-likeness (QED) is 0.840. The number of para-hydroxylation sites is 1. The van der Waals surface area contributed by atoms with Crippen molar-refractivity contribution < 1.29 is 19.1 Å². The number of carbonyl (C=O) groups is 2. The summed E-state index contributed by atoms with van der Waals surface area (Å²) in [5, 5.41) is 3.07. The first kappa shape index (κ1) is 19.6. The van der Waals surface area contributed by atoms with Gasteiger partial charge in [-0.15, -0.1) is 0 Å². The second kappa shape index (κ2) is 9.19. The number of ether oxygens (including phenoxy) is 2. The average Bonchev–Trinajstić information content (AvgIpc) is 2.68. The number of rotatable bonds is 5. The molecule has 7 nitrogen and oxygen atoms in total. The van der Waals surface area contributed by atoms with Crippen LogP contribution in [-0.2, 0) is 14.3 Å². The number of carbonyl (C=O) groups excluding carboxylic acids is 2. The SMILES string of the molecule is CN(C)c1ccccc1C(=O)N1CCOC[C@H]1CC(=O)NC1CCOCC1. The number of hydrogen-bond acceptors (Lipinski definition) is 5. The van der Waals surface area contributed by atoms with Crippen LogP contribution >= 0.6 is 0 Å². The Morgan fingerprint density at radius 3 is 2.63 bits per heavy atom. The molecule has 2 saturated heterocycles. The van der Waals surface area contributed by atoms with Crippen LogP contribution in [0.4, 0.5) is 5.69 Å². The molecule has 2 aliphatic heterocycles. The third-order valence-electron chi connectivity index (χ3n) is 5.11. The summed E-state index contributed by atoms with van der Waals surface area (Å²) in [7, 11) is 3.84. The Morgan fingerprint density at radius 2 is 1.89 bits per heavy atom. The van der Waals surface area contributed by atoms with Gasteiger partial charge in [0.2, 0.25) is 5.91 Å². The van der Waals surface area contributed by atoms with Crippen LogP contribution in [0, 0.1) is 0 Å². The van der Waals surface area contributed by atoms with Crippen molar-refractivity contribution in [2.45, 2.75) is 31.3 Å². The monoisotopic (exact) mass is 375 g/mol. The molecule has 0 saturated carbocycles. The van der Waals surface area contributed by atoms with E-state index in [1.165, 1.54) is 0 Å². The summed E-state index contributed by atoms with van der Waals surface area (Å²) < 4.78 is 10.9. The van der Waals surface area contributed by atoms with Crippen molar-refractivity contribution in [1.82, 2.24) is 10.2 Å². The van der Waals surface area contributed by atoms with Crippen LogP contribution in [0.2, 0.25) is 0 Å². The van der Waals surface area contributed by atoms with Gasteiger partial charge in [0.1, 0.15) is 0 Å². The summed E-state index contributed by atoms with van der Waals surface area (Å²) in [4.78, 5) is 29.4. The number of morpholine rings is 1. The van der Waals surface area contributed by atoms with E-state index in [9.17, 15) is 9.59 Å². The van der Waals surface area contributed by atoms with Crippen LogP contribution in [-0.4, -0.2) is 75.9 Å². The predicted octanol–water partition coefficient (Wildman–Crippen LogP) is 1.28. The molecular weight excluding hydrogens is 346 g/mol. The maximum atomic E-state index is 13.2. The van der Waals surface area contributed by atoms with E-state index in [1.807, 2.05) is 43.3 Å². The smallest absolute Gasteiger partial charge is 0.256 e. The molecule has 0 aliphatic carbocycles. The maximum absolute atomic E-state index is 13.2. The highest BCUT2D eigenvalue weighted by Crippen LogP contribution is 2.23. The van der Waals surface area contributed by atoms with Crippen molar-refractivity contribution in [3.8, 4) is 0 Å². The molecule has 7 heteroatoms. The topological polar surface area (TPSA) is 71.1 Å². The molecule has 0 unspecified atom stereocenters. The molecule has 0 bridgehead atoms. The molecule has 148 valence electrons. The van der Waals surface area contributed by atoms with Gasteiger partial charge >= 0.3 is 0 Å². The molecule has 3 rings (SSSR count). The zero-order valence-electron chi connectivity index (χ0n) is 16.1. The lowest BCUT2D eigenvalue weighted by molar-refractivity contribution is -0.124. The number of amides is 2. The Labute approximate surface area is 160 Å². The summed E-state index contributed by atoms with van der Waals surface area (Å²) in [5.41, 5.74) is 1.53. The molecule has 0 aromatic heterocycles. The van der Waals surface area contributed by atoms with E-state index in [0.717, 1.165) is 18.5 Å². The standard InChI is InChI=1S/C20H29N3O4/c1-22(2)18-6-4-3-5-17(18)20(25)23-9-12-27-14-16(23)13-19(24)21-15-7-10-26-11-8-15/h3-6,15-16H,7-14H2,1-2H3,(H,21,24)/t16-/m1/s1. The molecular formula is C20H29N3O4. The molecule has 2 amide bonds. The number of nitrogens with zero attached hydrogens (tertiary/aromatic N) is 2. The first-order chi connectivity index (χ1) is 13.1. The normalized spacial score (nSPS) is 21.0. The Balaban J connectivity index is 1.68. The van der Waals surface area contributed by atoms with Gasteiger partial charge in [-0.1, -0.05) is 12.1 Å². The fraction of sp³-hybridized carbons (Fsp3) is 0.600. The number of anilines is 1. The highest BCUT2D eigenvalue weighted by Gasteiger charge is 2.31. The predicted molar refractivity (Wildman–Crippen MR) is 103 cm³/mol. The first-order valence-electron chi connectivity index (χ1n) is 9.58. The largest absolute Gasteiger partial charge is 0.381 e. The van der Waals surface area contributed by atoms with Crippen LogP contribution in [0.3, 0.4) is 0 Å². The van der Waals surface area contributed by atoms with Crippen molar-refractivity contribution in [1.29, 1.82) is 0 Å². The van der Waals surface area contributed by atoms with Gasteiger partial charge in [-0.25, -0.2) is 0 Å². The minimum Gasteiger partial charge on any atom is -0.381 e. The molecule has 1 aromatic carbocycles. The summed E-state index contributed by atoms with van der Waals surface area (Å²) in [5.74, 6) is -0.0810. The van der Waals surface area contributed by atoms with E-state index in [4.69, 9.17) is 9.47 Å². The Morgan fingerprint density at radius 1 is 1.15 bits per heavy atom. The molecule has 2 aliphatic rings. The zero-order valence-corrected chi connectivity index (χ0v) is 16.1. The molecule has 0 spiro atoms. The van der Waals surface area contributed by atoms with Gasteiger partial charge in [-0.2, -0.15) is 0 Å². The molecule has 1 N–H and O–H groups in total. The summed E-state index contributed by atoms with van der Waals surface area (Å²) >= 11 is 0. The van der Waals surface area contributed by atoms with Gasteiger partial charge < -0.3 is 24.6 Å². The van der Waals surface area contributed by atoms with Crippen molar-refractivity contribution in [3.05, 3.63) is 29.8 Å². The molecule has 0 radical (unpaired) electrons. The van der Waals surface area contributed by atoms with E-state index in [1.54, 1.807) is 4.90 Å². The second-order valence-electron chi connectivity index (χ2n) is 7.30. The number of hydrogen-bond donors (Lipinski definition) is 1. The van der Waals surface area contributed by atoms with E-state index in [-0.39, 0.29) is 30.3 Å². The molecule has 2 heterocycles. The lowest BCUT2D eigenvalue weighted by atomic mass is 10.1. The minimum atomic E-state index is -0.249. The van der Waals surface area contributed by atoms with Gasteiger partial charge in [-0.3, -0.25) is 9.59 Å². The third-order valence-corrected chi connectivity index (χ3v) is 5.11. The van der Waals surface area contributed by atoms with Crippen molar-refractivity contribution in [3.63, 3.8) is 0 Å². The van der Waals surface area contributed by atoms with Gasteiger partial charge in [0.25, 0.3) is 5.91 Å². The summed E-state index contributed by atoms with van der Waals surface area (Å²) in [6, 6.07) is 7.47. The fourth-order valence-electron chi connectivity index (χ4n) is 3.63. The van der Waals surface area contributed by atoms with Crippen LogP contribution in [0.15, 0.2) is 24.3 Å². The lowest BCUT2D eigenvalue weighted by Crippen LogP contribution is -2.51. The minimum absolute atomic E-state index is 0.0314. The highest BCUT2D eigenvalue weighted by molar-refractivity contribution is 6.00. The molecule has 2 fully saturated rings. The van der Waals surface area contributed by atoms with Crippen LogP contribution in [0.5, 0.6) is 0 Å². The van der Waals surface area contributed by atoms with Gasteiger partial charge in [0.15, 0.2) is 0 Å². The Kier molecular flexibility index (Phi) is 6.68. The van der Waals surface area contributed by atoms with Crippen LogP contribution < -0.4 is 10.2 Å². The zero-order chi connectivity index (χ0) is 19.2. The maximum Gasteiger partial charge on any atom is 0.256 e. The van der Waals surface area contributed by atoms with E-state index in [0.29, 0.717) is 38.5 Å². The average molecular weight is 375 g/mol.